The average Bonchev–Trinajstić information content (AvgIpc) is 3.19. The maximum Gasteiger partial charge on any atom is 0.161 e. The van der Waals surface area contributed by atoms with E-state index in [2.05, 4.69) is 0 Å². The Balaban J connectivity index is 0.000000265. The van der Waals surface area contributed by atoms with Crippen molar-refractivity contribution in [2.75, 3.05) is 54.5 Å². The van der Waals surface area contributed by atoms with Crippen molar-refractivity contribution in [3.8, 4) is 23.0 Å². The average molecular weight is 659 g/mol. The van der Waals surface area contributed by atoms with Gasteiger partial charge >= 0.3 is 0 Å². The number of fused-ring (bicyclic) bond motifs is 6. The Bertz CT molecular complexity index is 2260. The number of benzene rings is 2. The van der Waals surface area contributed by atoms with Crippen molar-refractivity contribution in [1.82, 2.24) is 9.80 Å². The molecule has 0 spiro atoms. The lowest BCUT2D eigenvalue weighted by atomic mass is 9.80. The van der Waals surface area contributed by atoms with Crippen LogP contribution in [-0.4, -0.2) is 75.8 Å². The van der Waals surface area contributed by atoms with Crippen molar-refractivity contribution in [2.24, 2.45) is 23.6 Å². The van der Waals surface area contributed by atoms with Gasteiger partial charge in [-0.05, 0) is 83.9 Å². The molecule has 0 aromatic heterocycles. The van der Waals surface area contributed by atoms with Gasteiger partial charge in [0.15, 0.2) is 23.0 Å². The number of hydrogen-bond donors (Lipinski definition) is 0. The molecule has 46 heavy (non-hydrogen) atoms. The predicted octanol–water partition coefficient (Wildman–Crippen LogP) is 6.48. The molecule has 8 heteroatoms. The van der Waals surface area contributed by atoms with Crippen LogP contribution in [0.25, 0.3) is 0 Å². The van der Waals surface area contributed by atoms with Gasteiger partial charge in [-0.1, -0.05) is 27.4 Å². The van der Waals surface area contributed by atoms with Crippen LogP contribution in [0, 0.1) is 23.6 Å². The minimum atomic E-state index is -3.59. The highest BCUT2D eigenvalue weighted by Gasteiger charge is 2.40. The molecule has 252 valence electrons. The Hall–Kier alpha value is -3.10. The van der Waals surface area contributed by atoms with E-state index in [0.29, 0.717) is 35.6 Å². The number of carbonyl (C=O) groups is 2. The topological polar surface area (TPSA) is 77.5 Å². The Morgan fingerprint density at radius 2 is 1.13 bits per heavy atom. The van der Waals surface area contributed by atoms with Crippen LogP contribution in [-0.2, 0) is 22.4 Å². The van der Waals surface area contributed by atoms with E-state index in [4.69, 9.17) is 51.8 Å². The molecule has 0 bridgehead atoms. The fourth-order valence-corrected chi connectivity index (χ4v) is 6.85. The van der Waals surface area contributed by atoms with Crippen LogP contribution in [0.2, 0.25) is 0 Å². The van der Waals surface area contributed by atoms with Gasteiger partial charge in [0.25, 0.3) is 0 Å². The Morgan fingerprint density at radius 3 is 1.54 bits per heavy atom. The molecule has 2 aromatic rings. The fourth-order valence-electron chi connectivity index (χ4n) is 6.85. The summed E-state index contributed by atoms with van der Waals surface area (Å²) >= 11 is 0. The quantitative estimate of drug-likeness (QED) is 0.319. The summed E-state index contributed by atoms with van der Waals surface area (Å²) in [6, 6.07) is 5.08. The van der Waals surface area contributed by atoms with E-state index in [1.54, 1.807) is 11.0 Å². The molecule has 0 amide bonds. The molecule has 8 nitrogen and oxygen atoms in total. The minimum Gasteiger partial charge on any atom is -0.493 e. The Labute approximate surface area is 309 Å². The smallest absolute Gasteiger partial charge is 0.161 e. The van der Waals surface area contributed by atoms with Gasteiger partial charge in [-0.3, -0.25) is 19.4 Å². The molecule has 6 rings (SSSR count). The third-order valence-electron chi connectivity index (χ3n) is 9.04. The zero-order chi connectivity index (χ0) is 53.6. The zero-order valence-corrected chi connectivity index (χ0v) is 25.6. The van der Waals surface area contributed by atoms with E-state index in [9.17, 15) is 9.59 Å². The SMILES string of the molecule is [2H]C([2H])([2H])C([2H])(C([2H])([2H])[2H])C([2H])([2H])C1CN2CCc3cc(OC)c(OC)cc3C2CC1=O.[2H]C([2H])([2H])Oc1cc2c(cc1OC([2H])([2H])[2H])C1CC(=O)C(C([2H])([2H])C([2H])(C([2H])([2H])[2H])C([2H])([2H])[2H])CN1CC2. The summed E-state index contributed by atoms with van der Waals surface area (Å²) in [6.45, 7) is -13.9. The van der Waals surface area contributed by atoms with Crippen molar-refractivity contribution in [3.05, 3.63) is 46.5 Å². The standard InChI is InChI=1S/2C19H27NO3/c2*1-12(2)7-14-11-20-6-5-13-8-18(22-3)19(23-4)9-15(13)16(20)10-17(14)21/h2*8-9,12,14,16H,5-7,10-11H2,1-4H3/i1D3,2D3,3D3,4D3,7D2,12D;1D3,2D3,7D2,12D. The van der Waals surface area contributed by atoms with Crippen molar-refractivity contribution >= 4 is 11.6 Å². The van der Waals surface area contributed by atoms with Crippen LogP contribution in [0.1, 0.15) is 120 Å². The molecule has 4 atom stereocenters. The molecule has 2 aromatic carbocycles. The maximum atomic E-state index is 13.2. The van der Waals surface area contributed by atoms with Crippen molar-refractivity contribution in [1.29, 1.82) is 0 Å². The summed E-state index contributed by atoms with van der Waals surface area (Å²) in [7, 11) is -2.84. The third-order valence-corrected chi connectivity index (χ3v) is 9.04. The van der Waals surface area contributed by atoms with Gasteiger partial charge in [-0.25, -0.2) is 0 Å². The van der Waals surface area contributed by atoms with E-state index < -0.39 is 101 Å². The molecular weight excluding hydrogens is 580 g/mol. The first-order valence-corrected chi connectivity index (χ1v) is 14.8. The summed E-state index contributed by atoms with van der Waals surface area (Å²) in [6.07, 6.45) is -6.05. The first-order chi connectivity index (χ1) is 31.5. The molecule has 0 aliphatic carbocycles. The summed E-state index contributed by atoms with van der Waals surface area (Å²) in [5.41, 5.74) is 2.75. The molecular formula is C38H54N2O6. The number of hydrogen-bond acceptors (Lipinski definition) is 8. The molecule has 4 heterocycles. The van der Waals surface area contributed by atoms with Crippen LogP contribution in [0.3, 0.4) is 0 Å². The van der Waals surface area contributed by atoms with Gasteiger partial charge in [0.05, 0.1) is 36.5 Å². The van der Waals surface area contributed by atoms with E-state index in [1.807, 2.05) is 11.0 Å². The first-order valence-electron chi connectivity index (χ1n) is 26.8. The number of carbonyl (C=O) groups excluding carboxylic acids is 2. The number of Topliss-reactive ketones (excluding diaryl/α,β-unsaturated/α-hetero) is 2. The van der Waals surface area contributed by atoms with E-state index in [1.165, 1.54) is 26.4 Å². The number of nitrogens with zero attached hydrogens (tertiary/aromatic N) is 2. The van der Waals surface area contributed by atoms with Crippen LogP contribution in [0.5, 0.6) is 23.0 Å². The largest absolute Gasteiger partial charge is 0.493 e. The van der Waals surface area contributed by atoms with Gasteiger partial charge in [0.1, 0.15) is 11.6 Å². The van der Waals surface area contributed by atoms with E-state index in [-0.39, 0.29) is 50.7 Å². The second-order valence-electron chi connectivity index (χ2n) is 11.6. The highest BCUT2D eigenvalue weighted by Crippen LogP contribution is 2.44. The van der Waals surface area contributed by atoms with Gasteiger partial charge in [0.2, 0.25) is 0 Å². The molecule has 2 fully saturated rings. The second-order valence-corrected chi connectivity index (χ2v) is 11.6. The summed E-state index contributed by atoms with van der Waals surface area (Å²) in [5.74, 6) is -11.4. The summed E-state index contributed by atoms with van der Waals surface area (Å²) < 4.78 is 207. The molecule has 2 saturated heterocycles. The number of methoxy groups -OCH3 is 4. The Morgan fingerprint density at radius 1 is 0.717 bits per heavy atom. The number of ketones is 2. The van der Waals surface area contributed by atoms with Crippen LogP contribution < -0.4 is 18.9 Å². The number of piperidine rings is 2. The molecule has 0 radical (unpaired) electrons. The lowest BCUT2D eigenvalue weighted by Gasteiger charge is -2.43. The highest BCUT2D eigenvalue weighted by molar-refractivity contribution is 5.83. The summed E-state index contributed by atoms with van der Waals surface area (Å²) in [4.78, 5) is 29.8. The van der Waals surface area contributed by atoms with Gasteiger partial charge in [-0.2, -0.15) is 0 Å². The first kappa shape index (κ1) is 15.0. The molecule has 0 saturated carbocycles. The molecule has 4 unspecified atom stereocenters. The van der Waals surface area contributed by atoms with Crippen molar-refractivity contribution < 1.29 is 61.4 Å². The van der Waals surface area contributed by atoms with Crippen LogP contribution in [0.15, 0.2) is 24.3 Å². The summed E-state index contributed by atoms with van der Waals surface area (Å²) in [5, 5.41) is 0. The van der Waals surface area contributed by atoms with E-state index >= 15 is 0 Å². The zero-order valence-electron chi connectivity index (χ0n) is 49.6. The second kappa shape index (κ2) is 14.8. The lowest BCUT2D eigenvalue weighted by Crippen LogP contribution is -2.46. The fraction of sp³-hybridized carbons (Fsp3) is 0.632. The highest BCUT2D eigenvalue weighted by atomic mass is 16.5. The van der Waals surface area contributed by atoms with Crippen molar-refractivity contribution in [2.45, 2.75) is 77.9 Å². The van der Waals surface area contributed by atoms with Gasteiger partial charge < -0.3 is 18.9 Å². The monoisotopic (exact) mass is 659 g/mol. The minimum absolute atomic E-state index is 0.120. The Kier molecular flexibility index (Phi) is 4.81. The molecule has 4 aliphatic rings. The van der Waals surface area contributed by atoms with E-state index in [0.717, 1.165) is 11.1 Å². The number of rotatable bonds is 8. The molecule has 0 N–H and O–H groups in total. The third kappa shape index (κ3) is 7.23. The predicted molar refractivity (Wildman–Crippen MR) is 180 cm³/mol. The lowest BCUT2D eigenvalue weighted by molar-refractivity contribution is -0.130. The molecule has 4 aliphatic heterocycles. The van der Waals surface area contributed by atoms with Gasteiger partial charge in [-0.15, -0.1) is 0 Å². The maximum absolute atomic E-state index is 13.2. The normalized spacial score (nSPS) is 34.7. The van der Waals surface area contributed by atoms with Crippen LogP contribution >= 0.6 is 0 Å². The van der Waals surface area contributed by atoms with Crippen molar-refractivity contribution in [3.63, 3.8) is 0 Å². The number of ether oxygens (including phenoxy) is 4. The van der Waals surface area contributed by atoms with Crippen LogP contribution in [0.4, 0.5) is 0 Å². The van der Waals surface area contributed by atoms with Gasteiger partial charge in [0, 0.05) is 87.6 Å².